The molecule has 5 heteroatoms. The first-order valence-electron chi connectivity index (χ1n) is 5.59. The molecule has 96 valence electrons. The molecule has 0 saturated heterocycles. The molecule has 2 rings (SSSR count). The summed E-state index contributed by atoms with van der Waals surface area (Å²) in [7, 11) is 1.52. The average Bonchev–Trinajstić information content (AvgIpc) is 2.37. The van der Waals surface area contributed by atoms with Crippen molar-refractivity contribution in [1.29, 1.82) is 0 Å². The van der Waals surface area contributed by atoms with Crippen molar-refractivity contribution in [2.75, 3.05) is 13.7 Å². The summed E-state index contributed by atoms with van der Waals surface area (Å²) in [5.41, 5.74) is 1.34. The molecule has 0 fully saturated rings. The van der Waals surface area contributed by atoms with Crippen LogP contribution in [0.1, 0.15) is 18.8 Å². The number of fused-ring (bicyclic) bond motifs is 1. The molecule has 1 atom stereocenters. The van der Waals surface area contributed by atoms with Crippen molar-refractivity contribution in [3.63, 3.8) is 0 Å². The zero-order valence-electron chi connectivity index (χ0n) is 10.2. The van der Waals surface area contributed by atoms with Crippen LogP contribution in [0.2, 0.25) is 0 Å². The maximum atomic E-state index is 9.90. The first-order chi connectivity index (χ1) is 8.65. The highest BCUT2D eigenvalue weighted by atomic mass is 79.9. The summed E-state index contributed by atoms with van der Waals surface area (Å²) in [5.74, 6) is 0.376. The lowest BCUT2D eigenvalue weighted by atomic mass is 10.1. The summed E-state index contributed by atoms with van der Waals surface area (Å²) in [6, 6.07) is 7.57. The number of aliphatic hydroxyl groups excluding tert-OH is 1. The summed E-state index contributed by atoms with van der Waals surface area (Å²) < 4.78 is 11.3. The Labute approximate surface area is 114 Å². The maximum absolute atomic E-state index is 9.90. The first-order valence-corrected chi connectivity index (χ1v) is 6.39. The molecule has 4 nitrogen and oxygen atoms in total. The zero-order chi connectivity index (χ0) is 13.1. The molecule has 1 unspecified atom stereocenters. The number of rotatable bonds is 4. The highest BCUT2D eigenvalue weighted by Crippen LogP contribution is 2.29. The standard InChI is InChI=1S/C13H14BrNO3/c1-3-18-13(16)10-6-8-4-5-9(14)7-11(8)15-12(10)17-2/h4-7,13,16H,3H2,1-2H3. The number of methoxy groups -OCH3 is 1. The second-order valence-corrected chi connectivity index (χ2v) is 4.65. The fourth-order valence-electron chi connectivity index (χ4n) is 1.73. The van der Waals surface area contributed by atoms with Crippen LogP contribution in [-0.4, -0.2) is 23.8 Å². The van der Waals surface area contributed by atoms with E-state index in [9.17, 15) is 5.11 Å². The quantitative estimate of drug-likeness (QED) is 0.882. The number of benzene rings is 1. The number of aliphatic hydroxyl groups is 1. The van der Waals surface area contributed by atoms with Crippen LogP contribution >= 0.6 is 15.9 Å². The normalized spacial score (nSPS) is 12.7. The summed E-state index contributed by atoms with van der Waals surface area (Å²) in [4.78, 5) is 4.37. The lowest BCUT2D eigenvalue weighted by molar-refractivity contribution is -0.0991. The number of halogens is 1. The Bertz CT molecular complexity index is 559. The highest BCUT2D eigenvalue weighted by Gasteiger charge is 2.16. The molecule has 0 aliphatic rings. The van der Waals surface area contributed by atoms with Crippen LogP contribution in [0.4, 0.5) is 0 Å². The third-order valence-electron chi connectivity index (χ3n) is 2.56. The molecule has 1 N–H and O–H groups in total. The van der Waals surface area contributed by atoms with Crippen molar-refractivity contribution in [2.45, 2.75) is 13.2 Å². The van der Waals surface area contributed by atoms with Gasteiger partial charge in [0.1, 0.15) is 0 Å². The largest absolute Gasteiger partial charge is 0.481 e. The minimum atomic E-state index is -1.02. The van der Waals surface area contributed by atoms with E-state index in [0.717, 1.165) is 15.4 Å². The molecular formula is C13H14BrNO3. The van der Waals surface area contributed by atoms with Crippen molar-refractivity contribution >= 4 is 26.8 Å². The topological polar surface area (TPSA) is 51.6 Å². The van der Waals surface area contributed by atoms with Gasteiger partial charge in [-0.15, -0.1) is 0 Å². The van der Waals surface area contributed by atoms with E-state index in [1.807, 2.05) is 31.2 Å². The van der Waals surface area contributed by atoms with Gasteiger partial charge in [-0.25, -0.2) is 4.98 Å². The Kier molecular flexibility index (Phi) is 4.16. The van der Waals surface area contributed by atoms with Crippen LogP contribution in [0.15, 0.2) is 28.7 Å². The minimum Gasteiger partial charge on any atom is -0.481 e. The Morgan fingerprint density at radius 2 is 2.17 bits per heavy atom. The number of hydrogen-bond donors (Lipinski definition) is 1. The van der Waals surface area contributed by atoms with Crippen molar-refractivity contribution in [2.24, 2.45) is 0 Å². The molecule has 1 heterocycles. The van der Waals surface area contributed by atoms with Crippen LogP contribution in [0.5, 0.6) is 5.88 Å². The van der Waals surface area contributed by atoms with E-state index in [1.165, 1.54) is 7.11 Å². The molecule has 0 aliphatic carbocycles. The van der Waals surface area contributed by atoms with Gasteiger partial charge in [0.15, 0.2) is 6.29 Å². The molecule has 1 aromatic carbocycles. The van der Waals surface area contributed by atoms with Crippen molar-refractivity contribution < 1.29 is 14.6 Å². The summed E-state index contributed by atoms with van der Waals surface area (Å²) in [6.45, 7) is 2.24. The van der Waals surface area contributed by atoms with Crippen LogP contribution in [0.25, 0.3) is 10.9 Å². The summed E-state index contributed by atoms with van der Waals surface area (Å²) in [5, 5.41) is 10.8. The van der Waals surface area contributed by atoms with Gasteiger partial charge in [-0.1, -0.05) is 22.0 Å². The summed E-state index contributed by atoms with van der Waals surface area (Å²) >= 11 is 3.40. The second kappa shape index (κ2) is 5.65. The van der Waals surface area contributed by atoms with E-state index in [1.54, 1.807) is 0 Å². The second-order valence-electron chi connectivity index (χ2n) is 3.73. The first kappa shape index (κ1) is 13.3. The zero-order valence-corrected chi connectivity index (χ0v) is 11.8. The van der Waals surface area contributed by atoms with E-state index < -0.39 is 6.29 Å². The van der Waals surface area contributed by atoms with Crippen LogP contribution in [0, 0.1) is 0 Å². The Hall–Kier alpha value is -1.17. The molecule has 0 saturated carbocycles. The highest BCUT2D eigenvalue weighted by molar-refractivity contribution is 9.10. The fourth-order valence-corrected chi connectivity index (χ4v) is 2.08. The molecule has 0 amide bonds. The number of hydrogen-bond acceptors (Lipinski definition) is 4. The molecule has 18 heavy (non-hydrogen) atoms. The summed E-state index contributed by atoms with van der Waals surface area (Å²) in [6.07, 6.45) is -1.02. The number of pyridine rings is 1. The SMILES string of the molecule is CCOC(O)c1cc2ccc(Br)cc2nc1OC. The van der Waals surface area contributed by atoms with Gasteiger partial charge in [-0.2, -0.15) is 0 Å². The van der Waals surface area contributed by atoms with Gasteiger partial charge in [0.05, 0.1) is 18.2 Å². The van der Waals surface area contributed by atoms with Crippen LogP contribution in [-0.2, 0) is 4.74 Å². The van der Waals surface area contributed by atoms with E-state index in [4.69, 9.17) is 9.47 Å². The average molecular weight is 312 g/mol. The van der Waals surface area contributed by atoms with Gasteiger partial charge in [0.2, 0.25) is 5.88 Å². The number of aromatic nitrogens is 1. The Balaban J connectivity index is 2.55. The Morgan fingerprint density at radius 3 is 2.83 bits per heavy atom. The molecule has 0 aliphatic heterocycles. The van der Waals surface area contributed by atoms with Gasteiger partial charge < -0.3 is 14.6 Å². The van der Waals surface area contributed by atoms with Gasteiger partial charge >= 0.3 is 0 Å². The van der Waals surface area contributed by atoms with Gasteiger partial charge in [0.25, 0.3) is 0 Å². The monoisotopic (exact) mass is 311 g/mol. The molecule has 0 radical (unpaired) electrons. The van der Waals surface area contributed by atoms with Gasteiger partial charge in [-0.3, -0.25) is 0 Å². The van der Waals surface area contributed by atoms with E-state index in [0.29, 0.717) is 18.1 Å². The molecule has 2 aromatic rings. The van der Waals surface area contributed by atoms with Crippen molar-refractivity contribution in [1.82, 2.24) is 4.98 Å². The molecule has 1 aromatic heterocycles. The lowest BCUT2D eigenvalue weighted by Crippen LogP contribution is -2.06. The van der Waals surface area contributed by atoms with Crippen LogP contribution < -0.4 is 4.74 Å². The van der Waals surface area contributed by atoms with Crippen molar-refractivity contribution in [3.8, 4) is 5.88 Å². The molecule has 0 spiro atoms. The van der Waals surface area contributed by atoms with Crippen molar-refractivity contribution in [3.05, 3.63) is 34.3 Å². The van der Waals surface area contributed by atoms with Gasteiger partial charge in [0, 0.05) is 16.5 Å². The lowest BCUT2D eigenvalue weighted by Gasteiger charge is -2.14. The third-order valence-corrected chi connectivity index (χ3v) is 3.05. The van der Waals surface area contributed by atoms with E-state index in [-0.39, 0.29) is 0 Å². The number of ether oxygens (including phenoxy) is 2. The van der Waals surface area contributed by atoms with E-state index >= 15 is 0 Å². The van der Waals surface area contributed by atoms with E-state index in [2.05, 4.69) is 20.9 Å². The van der Waals surface area contributed by atoms with Crippen LogP contribution in [0.3, 0.4) is 0 Å². The maximum Gasteiger partial charge on any atom is 0.222 e. The Morgan fingerprint density at radius 1 is 1.39 bits per heavy atom. The predicted molar refractivity (Wildman–Crippen MR) is 72.6 cm³/mol. The minimum absolute atomic E-state index is 0.376. The molecule has 0 bridgehead atoms. The fraction of sp³-hybridized carbons (Fsp3) is 0.308. The molecular weight excluding hydrogens is 298 g/mol. The predicted octanol–water partition coefficient (Wildman–Crippen LogP) is 3.03. The number of nitrogens with zero attached hydrogens (tertiary/aromatic N) is 1. The smallest absolute Gasteiger partial charge is 0.222 e. The van der Waals surface area contributed by atoms with Gasteiger partial charge in [-0.05, 0) is 25.1 Å². The third kappa shape index (κ3) is 2.63.